The lowest BCUT2D eigenvalue weighted by Crippen LogP contribution is -2.40. The topological polar surface area (TPSA) is 86.7 Å². The van der Waals surface area contributed by atoms with Crippen LogP contribution in [0.4, 0.5) is 0 Å². The molecule has 0 radical (unpaired) electrons. The van der Waals surface area contributed by atoms with Crippen molar-refractivity contribution in [3.05, 3.63) is 23.8 Å². The molecule has 1 atom stereocenters. The van der Waals surface area contributed by atoms with E-state index in [-0.39, 0.29) is 0 Å². The van der Waals surface area contributed by atoms with Gasteiger partial charge in [0.2, 0.25) is 5.79 Å². The molecule has 0 saturated heterocycles. The van der Waals surface area contributed by atoms with Gasteiger partial charge < -0.3 is 21.1 Å². The molecular formula is C8H13NO3. The Hall–Kier alpha value is -0.680. The maximum absolute atomic E-state index is 9.17. The second-order valence-electron chi connectivity index (χ2n) is 2.84. The van der Waals surface area contributed by atoms with E-state index in [1.807, 2.05) is 0 Å². The first kappa shape index (κ1) is 9.41. The lowest BCUT2D eigenvalue weighted by Gasteiger charge is -2.25. The van der Waals surface area contributed by atoms with Crippen LogP contribution in [0.3, 0.4) is 0 Å². The highest BCUT2D eigenvalue weighted by molar-refractivity contribution is 5.28. The van der Waals surface area contributed by atoms with Crippen LogP contribution >= 0.6 is 0 Å². The van der Waals surface area contributed by atoms with Gasteiger partial charge >= 0.3 is 0 Å². The minimum atomic E-state index is -2.13. The molecule has 1 aliphatic carbocycles. The fourth-order valence-electron chi connectivity index (χ4n) is 1.04. The van der Waals surface area contributed by atoms with Gasteiger partial charge in [-0.25, -0.2) is 0 Å². The predicted octanol–water partition coefficient (Wildman–Crippen LogP) is -1.13. The summed E-state index contributed by atoms with van der Waals surface area (Å²) in [5.41, 5.74) is 6.11. The highest BCUT2D eigenvalue weighted by Gasteiger charge is 2.30. The maximum Gasteiger partial charge on any atom is 0.213 e. The number of aliphatic hydroxyl groups excluding tert-OH is 1. The lowest BCUT2D eigenvalue weighted by molar-refractivity contribution is -0.174. The second kappa shape index (κ2) is 3.37. The molecule has 0 bridgehead atoms. The summed E-state index contributed by atoms with van der Waals surface area (Å²) in [7, 11) is 0. The summed E-state index contributed by atoms with van der Waals surface area (Å²) in [4.78, 5) is 0. The van der Waals surface area contributed by atoms with E-state index < -0.39 is 11.9 Å². The van der Waals surface area contributed by atoms with Crippen molar-refractivity contribution >= 4 is 0 Å². The Kier molecular flexibility index (Phi) is 2.64. The molecule has 68 valence electrons. The fourth-order valence-corrected chi connectivity index (χ4v) is 1.04. The number of allylic oxidation sites excluding steroid dienone is 1. The summed E-state index contributed by atoms with van der Waals surface area (Å²) in [6, 6.07) is 0. The zero-order valence-corrected chi connectivity index (χ0v) is 6.64. The number of aliphatic hydroxyl groups is 3. The molecule has 0 fully saturated rings. The van der Waals surface area contributed by atoms with Crippen molar-refractivity contribution in [2.24, 2.45) is 5.73 Å². The molecule has 0 spiro atoms. The quantitative estimate of drug-likeness (QED) is 0.396. The van der Waals surface area contributed by atoms with Crippen LogP contribution in [0, 0.1) is 0 Å². The molecular weight excluding hydrogens is 158 g/mol. The smallest absolute Gasteiger partial charge is 0.213 e. The highest BCUT2D eigenvalue weighted by atomic mass is 16.5. The first-order valence-electron chi connectivity index (χ1n) is 3.79. The predicted molar refractivity (Wildman–Crippen MR) is 44.1 cm³/mol. The summed E-state index contributed by atoms with van der Waals surface area (Å²) in [5.74, 6) is -2.13. The molecule has 1 aliphatic rings. The minimum absolute atomic E-state index is 0.479. The highest BCUT2D eigenvalue weighted by Crippen LogP contribution is 2.19. The normalized spacial score (nSPS) is 27.0. The Morgan fingerprint density at radius 1 is 1.50 bits per heavy atom. The molecule has 0 aromatic rings. The molecule has 4 heteroatoms. The number of rotatable bonds is 2. The Labute approximate surface area is 70.6 Å². The Morgan fingerprint density at radius 3 is 2.67 bits per heavy atom. The van der Waals surface area contributed by atoms with Gasteiger partial charge in [-0.15, -0.1) is 0 Å². The standard InChI is InChI=1S/C8H13NO3/c9-4-2-6-1-3-8(11,12)7(10)5-6/h1,3,5,7,10-12H,2,4,9H2. The average Bonchev–Trinajstić information content (AvgIpc) is 1.98. The molecule has 0 aliphatic heterocycles. The van der Waals surface area contributed by atoms with E-state index in [2.05, 4.69) is 0 Å². The van der Waals surface area contributed by atoms with E-state index in [1.165, 1.54) is 6.08 Å². The van der Waals surface area contributed by atoms with E-state index in [0.717, 1.165) is 11.6 Å². The third-order valence-electron chi connectivity index (χ3n) is 1.78. The van der Waals surface area contributed by atoms with Crippen molar-refractivity contribution in [1.29, 1.82) is 0 Å². The van der Waals surface area contributed by atoms with Gasteiger partial charge in [-0.1, -0.05) is 6.08 Å². The van der Waals surface area contributed by atoms with Crippen molar-refractivity contribution in [1.82, 2.24) is 0 Å². The minimum Gasteiger partial charge on any atom is -0.383 e. The molecule has 0 amide bonds. The van der Waals surface area contributed by atoms with Gasteiger partial charge in [-0.05, 0) is 30.7 Å². The third kappa shape index (κ3) is 1.92. The van der Waals surface area contributed by atoms with E-state index in [4.69, 9.17) is 21.1 Å². The first-order valence-corrected chi connectivity index (χ1v) is 3.79. The van der Waals surface area contributed by atoms with Crippen LogP contribution < -0.4 is 5.73 Å². The summed E-state index contributed by atoms with van der Waals surface area (Å²) < 4.78 is 0. The van der Waals surface area contributed by atoms with Crippen LogP contribution in [0.5, 0.6) is 0 Å². The fraction of sp³-hybridized carbons (Fsp3) is 0.500. The van der Waals surface area contributed by atoms with Crippen molar-refractivity contribution in [2.75, 3.05) is 6.54 Å². The van der Waals surface area contributed by atoms with Gasteiger partial charge in [0, 0.05) is 0 Å². The van der Waals surface area contributed by atoms with E-state index >= 15 is 0 Å². The van der Waals surface area contributed by atoms with Crippen LogP contribution in [-0.4, -0.2) is 33.8 Å². The van der Waals surface area contributed by atoms with Gasteiger partial charge in [-0.3, -0.25) is 0 Å². The summed E-state index contributed by atoms with van der Waals surface area (Å²) in [5, 5.41) is 27.3. The monoisotopic (exact) mass is 171 g/mol. The molecule has 1 rings (SSSR count). The zero-order chi connectivity index (χ0) is 9.19. The van der Waals surface area contributed by atoms with Crippen molar-refractivity contribution in [2.45, 2.75) is 18.3 Å². The Bertz CT molecular complexity index is 220. The molecule has 1 unspecified atom stereocenters. The van der Waals surface area contributed by atoms with Gasteiger partial charge in [0.25, 0.3) is 0 Å². The third-order valence-corrected chi connectivity index (χ3v) is 1.78. The van der Waals surface area contributed by atoms with E-state index in [1.54, 1.807) is 6.08 Å². The first-order chi connectivity index (χ1) is 5.56. The summed E-state index contributed by atoms with van der Waals surface area (Å²) >= 11 is 0. The van der Waals surface area contributed by atoms with Crippen molar-refractivity contribution < 1.29 is 15.3 Å². The van der Waals surface area contributed by atoms with Crippen LogP contribution in [0.2, 0.25) is 0 Å². The molecule has 0 heterocycles. The Morgan fingerprint density at radius 2 is 2.17 bits per heavy atom. The number of nitrogens with two attached hydrogens (primary N) is 1. The van der Waals surface area contributed by atoms with Crippen LogP contribution in [0.1, 0.15) is 6.42 Å². The molecule has 5 N–H and O–H groups in total. The molecule has 0 aromatic carbocycles. The Balaban J connectivity index is 2.69. The molecule has 0 aromatic heterocycles. The summed E-state index contributed by atoms with van der Waals surface area (Å²) in [6.07, 6.45) is 3.47. The zero-order valence-electron chi connectivity index (χ0n) is 6.64. The van der Waals surface area contributed by atoms with Gasteiger partial charge in [0.05, 0.1) is 0 Å². The second-order valence-corrected chi connectivity index (χ2v) is 2.84. The molecule has 12 heavy (non-hydrogen) atoms. The molecule has 4 nitrogen and oxygen atoms in total. The average molecular weight is 171 g/mol. The maximum atomic E-state index is 9.17. The summed E-state index contributed by atoms with van der Waals surface area (Å²) in [6.45, 7) is 0.479. The number of hydrogen-bond donors (Lipinski definition) is 4. The van der Waals surface area contributed by atoms with Crippen LogP contribution in [0.25, 0.3) is 0 Å². The lowest BCUT2D eigenvalue weighted by atomic mass is 9.98. The van der Waals surface area contributed by atoms with Gasteiger partial charge in [0.15, 0.2) is 0 Å². The van der Waals surface area contributed by atoms with E-state index in [0.29, 0.717) is 13.0 Å². The van der Waals surface area contributed by atoms with E-state index in [9.17, 15) is 0 Å². The van der Waals surface area contributed by atoms with Crippen molar-refractivity contribution in [3.8, 4) is 0 Å². The van der Waals surface area contributed by atoms with Crippen molar-refractivity contribution in [3.63, 3.8) is 0 Å². The van der Waals surface area contributed by atoms with Gasteiger partial charge in [0.1, 0.15) is 6.10 Å². The molecule has 0 saturated carbocycles. The van der Waals surface area contributed by atoms with Gasteiger partial charge in [-0.2, -0.15) is 0 Å². The largest absolute Gasteiger partial charge is 0.383 e. The van der Waals surface area contributed by atoms with Crippen LogP contribution in [0.15, 0.2) is 23.8 Å². The number of hydrogen-bond acceptors (Lipinski definition) is 4. The van der Waals surface area contributed by atoms with Crippen LogP contribution in [-0.2, 0) is 0 Å². The SMILES string of the molecule is NCCC1=CC(O)C(O)(O)C=C1.